The average Bonchev–Trinajstić information content (AvgIpc) is 2.33. The van der Waals surface area contributed by atoms with Crippen LogP contribution in [0.3, 0.4) is 0 Å². The molecule has 0 radical (unpaired) electrons. The minimum atomic E-state index is 0.520. The van der Waals surface area contributed by atoms with E-state index in [9.17, 15) is 0 Å². The van der Waals surface area contributed by atoms with Crippen LogP contribution in [0.2, 0.25) is 5.02 Å². The minimum absolute atomic E-state index is 0.520. The molecule has 1 aliphatic heterocycles. The van der Waals surface area contributed by atoms with Gasteiger partial charge >= 0.3 is 0 Å². The van der Waals surface area contributed by atoms with Crippen molar-refractivity contribution in [2.75, 3.05) is 16.8 Å². The van der Waals surface area contributed by atoms with Gasteiger partial charge in [-0.15, -0.1) is 0 Å². The topological polar surface area (TPSA) is 35.8 Å². The number of anilines is 1. The summed E-state index contributed by atoms with van der Waals surface area (Å²) in [6, 6.07) is 8.15. The van der Waals surface area contributed by atoms with Crippen LogP contribution in [0.4, 0.5) is 5.69 Å². The molecule has 16 heavy (non-hydrogen) atoms. The molecule has 4 heteroatoms. The number of hydrogen-bond donors (Lipinski definition) is 1. The predicted octanol–water partition coefficient (Wildman–Crippen LogP) is 3.52. The van der Waals surface area contributed by atoms with Crippen LogP contribution in [0.1, 0.15) is 18.4 Å². The summed E-state index contributed by atoms with van der Waals surface area (Å²) in [4.78, 5) is 0. The van der Waals surface area contributed by atoms with E-state index in [0.29, 0.717) is 16.6 Å². The second-order valence-corrected chi connectivity index (χ2v) is 5.42. The van der Waals surface area contributed by atoms with E-state index in [4.69, 9.17) is 16.9 Å². The number of rotatable bonds is 2. The summed E-state index contributed by atoms with van der Waals surface area (Å²) in [6.07, 6.45) is 2.47. The Morgan fingerprint density at radius 1 is 1.50 bits per heavy atom. The maximum absolute atomic E-state index is 8.88. The lowest BCUT2D eigenvalue weighted by Crippen LogP contribution is -2.25. The van der Waals surface area contributed by atoms with Gasteiger partial charge < -0.3 is 5.32 Å². The number of benzene rings is 1. The highest BCUT2D eigenvalue weighted by Gasteiger charge is 2.13. The zero-order valence-electron chi connectivity index (χ0n) is 8.87. The summed E-state index contributed by atoms with van der Waals surface area (Å²) < 4.78 is 0. The van der Waals surface area contributed by atoms with Crippen molar-refractivity contribution >= 4 is 29.1 Å². The highest BCUT2D eigenvalue weighted by molar-refractivity contribution is 7.99. The number of thioether (sulfide) groups is 1. The Morgan fingerprint density at radius 3 is 3.06 bits per heavy atom. The quantitative estimate of drug-likeness (QED) is 0.875. The molecule has 2 rings (SSSR count). The molecule has 1 aromatic carbocycles. The lowest BCUT2D eigenvalue weighted by Gasteiger charge is -2.23. The number of nitriles is 1. The van der Waals surface area contributed by atoms with Crippen LogP contribution in [0.5, 0.6) is 0 Å². The third-order valence-corrected chi connectivity index (χ3v) is 4.16. The number of nitrogens with zero attached hydrogens (tertiary/aromatic N) is 1. The van der Waals surface area contributed by atoms with E-state index in [1.165, 1.54) is 18.6 Å². The number of hydrogen-bond acceptors (Lipinski definition) is 3. The number of nitrogens with one attached hydrogen (secondary N) is 1. The average molecular weight is 253 g/mol. The summed E-state index contributed by atoms with van der Waals surface area (Å²) in [5, 5.41) is 12.9. The molecule has 1 aliphatic rings. The zero-order chi connectivity index (χ0) is 11.4. The molecule has 0 aromatic heterocycles. The van der Waals surface area contributed by atoms with Crippen LogP contribution in [0.15, 0.2) is 18.2 Å². The van der Waals surface area contributed by atoms with Crippen molar-refractivity contribution in [3.05, 3.63) is 28.8 Å². The molecule has 1 atom stereocenters. The molecule has 0 bridgehead atoms. The zero-order valence-corrected chi connectivity index (χ0v) is 10.4. The van der Waals surface area contributed by atoms with E-state index < -0.39 is 0 Å². The molecule has 2 nitrogen and oxygen atoms in total. The third-order valence-electron chi connectivity index (χ3n) is 2.62. The Kier molecular flexibility index (Phi) is 3.98. The fraction of sp³-hybridized carbons (Fsp3) is 0.417. The Hall–Kier alpha value is -0.850. The predicted molar refractivity (Wildman–Crippen MR) is 70.1 cm³/mol. The molecular formula is C12H13ClN2S. The van der Waals surface area contributed by atoms with Crippen molar-refractivity contribution in [1.29, 1.82) is 5.26 Å². The first-order valence-corrected chi connectivity index (χ1v) is 6.87. The Bertz CT molecular complexity index is 408. The van der Waals surface area contributed by atoms with Gasteiger partial charge in [0.2, 0.25) is 0 Å². The van der Waals surface area contributed by atoms with Gasteiger partial charge in [-0.1, -0.05) is 11.6 Å². The van der Waals surface area contributed by atoms with Crippen molar-refractivity contribution in [2.45, 2.75) is 18.9 Å². The van der Waals surface area contributed by atoms with Crippen LogP contribution in [0.25, 0.3) is 0 Å². The van der Waals surface area contributed by atoms with Gasteiger partial charge in [0.25, 0.3) is 0 Å². The summed E-state index contributed by atoms with van der Waals surface area (Å²) in [5.41, 5.74) is 1.53. The molecule has 0 saturated carbocycles. The van der Waals surface area contributed by atoms with Crippen molar-refractivity contribution in [3.63, 3.8) is 0 Å². The molecule has 1 unspecified atom stereocenters. The lowest BCUT2D eigenvalue weighted by molar-refractivity contribution is 0.685. The molecule has 0 amide bonds. The van der Waals surface area contributed by atoms with Crippen molar-refractivity contribution in [2.24, 2.45) is 0 Å². The normalized spacial score (nSPS) is 20.1. The summed E-state index contributed by atoms with van der Waals surface area (Å²) in [7, 11) is 0. The second kappa shape index (κ2) is 5.47. The maximum Gasteiger partial charge on any atom is 0.101 e. The van der Waals surface area contributed by atoms with Crippen LogP contribution in [-0.2, 0) is 0 Å². The van der Waals surface area contributed by atoms with Gasteiger partial charge in [0, 0.05) is 17.5 Å². The van der Waals surface area contributed by atoms with E-state index in [2.05, 4.69) is 11.4 Å². The van der Waals surface area contributed by atoms with Crippen LogP contribution in [-0.4, -0.2) is 17.5 Å². The molecule has 0 spiro atoms. The highest BCUT2D eigenvalue weighted by Crippen LogP contribution is 2.24. The van der Waals surface area contributed by atoms with Gasteiger partial charge in [-0.3, -0.25) is 0 Å². The van der Waals surface area contributed by atoms with Crippen molar-refractivity contribution < 1.29 is 0 Å². The standard InChI is InChI=1S/C12H13ClN2S/c13-12-4-3-10(6-9(12)7-14)15-11-2-1-5-16-8-11/h3-4,6,11,15H,1-2,5,8H2. The molecule has 84 valence electrons. The fourth-order valence-corrected chi connectivity index (χ4v) is 3.02. The van der Waals surface area contributed by atoms with Crippen LogP contribution >= 0.6 is 23.4 Å². The molecule has 1 aromatic rings. The van der Waals surface area contributed by atoms with E-state index >= 15 is 0 Å². The largest absolute Gasteiger partial charge is 0.381 e. The Morgan fingerprint density at radius 2 is 2.38 bits per heavy atom. The first-order chi connectivity index (χ1) is 7.79. The number of halogens is 1. The lowest BCUT2D eigenvalue weighted by atomic mass is 10.1. The third kappa shape index (κ3) is 2.84. The van der Waals surface area contributed by atoms with Gasteiger partial charge in [0.15, 0.2) is 0 Å². The van der Waals surface area contributed by atoms with E-state index in [1.54, 1.807) is 6.07 Å². The van der Waals surface area contributed by atoms with Crippen molar-refractivity contribution in [3.8, 4) is 6.07 Å². The molecule has 1 N–H and O–H groups in total. The highest BCUT2D eigenvalue weighted by atomic mass is 35.5. The summed E-state index contributed by atoms with van der Waals surface area (Å²) in [6.45, 7) is 0. The monoisotopic (exact) mass is 252 g/mol. The summed E-state index contributed by atoms with van der Waals surface area (Å²) >= 11 is 7.87. The maximum atomic E-state index is 8.88. The SMILES string of the molecule is N#Cc1cc(NC2CCCSC2)ccc1Cl. The first-order valence-electron chi connectivity index (χ1n) is 5.33. The molecule has 1 saturated heterocycles. The molecule has 1 heterocycles. The minimum Gasteiger partial charge on any atom is -0.381 e. The van der Waals surface area contributed by atoms with Crippen LogP contribution < -0.4 is 5.32 Å². The van der Waals surface area contributed by atoms with Gasteiger partial charge in [-0.2, -0.15) is 17.0 Å². The van der Waals surface area contributed by atoms with E-state index in [-0.39, 0.29) is 0 Å². The second-order valence-electron chi connectivity index (χ2n) is 3.86. The first kappa shape index (κ1) is 11.6. The smallest absolute Gasteiger partial charge is 0.101 e. The van der Waals surface area contributed by atoms with E-state index in [0.717, 1.165) is 11.4 Å². The summed E-state index contributed by atoms with van der Waals surface area (Å²) in [5.74, 6) is 2.41. The van der Waals surface area contributed by atoms with Gasteiger partial charge in [0.05, 0.1) is 10.6 Å². The van der Waals surface area contributed by atoms with Crippen molar-refractivity contribution in [1.82, 2.24) is 0 Å². The van der Waals surface area contributed by atoms with Gasteiger partial charge in [0.1, 0.15) is 6.07 Å². The van der Waals surface area contributed by atoms with E-state index in [1.807, 2.05) is 23.9 Å². The Balaban J connectivity index is 2.06. The van der Waals surface area contributed by atoms with Gasteiger partial charge in [-0.05, 0) is 36.8 Å². The molecular weight excluding hydrogens is 240 g/mol. The Labute approximate surface area is 105 Å². The molecule has 0 aliphatic carbocycles. The fourth-order valence-electron chi connectivity index (χ4n) is 1.79. The van der Waals surface area contributed by atoms with Gasteiger partial charge in [-0.25, -0.2) is 0 Å². The van der Waals surface area contributed by atoms with Crippen LogP contribution in [0, 0.1) is 11.3 Å². The molecule has 1 fully saturated rings.